The van der Waals surface area contributed by atoms with E-state index in [1.165, 1.54) is 0 Å². The predicted octanol–water partition coefficient (Wildman–Crippen LogP) is 3.85. The number of anilines is 1. The van der Waals surface area contributed by atoms with E-state index in [1.807, 2.05) is 31.2 Å². The van der Waals surface area contributed by atoms with Crippen molar-refractivity contribution in [2.45, 2.75) is 6.92 Å². The number of rotatable bonds is 2. The lowest BCUT2D eigenvalue weighted by Gasteiger charge is -2.11. The maximum atomic E-state index is 8.88. The highest BCUT2D eigenvalue weighted by Crippen LogP contribution is 2.31. The van der Waals surface area contributed by atoms with Gasteiger partial charge >= 0.3 is 0 Å². The summed E-state index contributed by atoms with van der Waals surface area (Å²) in [6, 6.07) is 13.0. The smallest absolute Gasteiger partial charge is 0.150 e. The first kappa shape index (κ1) is 12.7. The van der Waals surface area contributed by atoms with Gasteiger partial charge < -0.3 is 10.5 Å². The van der Waals surface area contributed by atoms with Gasteiger partial charge in [-0.05, 0) is 65.4 Å². The van der Waals surface area contributed by atoms with Crippen LogP contribution in [0.3, 0.4) is 0 Å². The molecule has 0 spiro atoms. The summed E-state index contributed by atoms with van der Waals surface area (Å²) in [6.07, 6.45) is 0. The van der Waals surface area contributed by atoms with Crippen molar-refractivity contribution in [2.24, 2.45) is 0 Å². The molecule has 0 aliphatic heterocycles. The molecule has 0 atom stereocenters. The van der Waals surface area contributed by atoms with E-state index < -0.39 is 0 Å². The number of halogens is 1. The van der Waals surface area contributed by atoms with E-state index >= 15 is 0 Å². The van der Waals surface area contributed by atoms with E-state index in [4.69, 9.17) is 15.7 Å². The molecule has 0 bridgehead atoms. The molecule has 2 rings (SSSR count). The van der Waals surface area contributed by atoms with E-state index in [1.54, 1.807) is 12.1 Å². The molecule has 2 N–H and O–H groups in total. The Balaban J connectivity index is 2.37. The Morgan fingerprint density at radius 1 is 1.17 bits per heavy atom. The molecular formula is C14H11IN2O. The maximum Gasteiger partial charge on any atom is 0.150 e. The van der Waals surface area contributed by atoms with Crippen molar-refractivity contribution in [2.75, 3.05) is 5.73 Å². The number of hydrogen-bond donors (Lipinski definition) is 1. The fourth-order valence-corrected chi connectivity index (χ4v) is 2.03. The molecule has 0 saturated heterocycles. The van der Waals surface area contributed by atoms with Gasteiger partial charge in [-0.2, -0.15) is 5.26 Å². The summed E-state index contributed by atoms with van der Waals surface area (Å²) in [5.41, 5.74) is 8.02. The minimum absolute atomic E-state index is 0.569. The van der Waals surface area contributed by atoms with Crippen LogP contribution in [-0.2, 0) is 0 Å². The third-order valence-electron chi connectivity index (χ3n) is 2.51. The van der Waals surface area contributed by atoms with Crippen LogP contribution in [0.5, 0.6) is 11.5 Å². The van der Waals surface area contributed by atoms with E-state index in [0.29, 0.717) is 22.7 Å². The van der Waals surface area contributed by atoms with Crippen LogP contribution >= 0.6 is 22.6 Å². The molecule has 0 fully saturated rings. The Hall–Kier alpha value is -1.74. The highest BCUT2D eigenvalue weighted by Gasteiger charge is 2.06. The number of nitriles is 1. The standard InChI is InChI=1S/C14H11IN2O/c1-9-2-3-10(8-16)6-14(9)18-13-5-4-11(15)7-12(13)17/h2-7H,17H2,1H3. The van der Waals surface area contributed by atoms with Crippen LogP contribution in [0.4, 0.5) is 5.69 Å². The van der Waals surface area contributed by atoms with E-state index in [9.17, 15) is 0 Å². The fourth-order valence-electron chi connectivity index (χ4n) is 1.51. The fraction of sp³-hybridized carbons (Fsp3) is 0.0714. The molecule has 0 aliphatic rings. The van der Waals surface area contributed by atoms with Gasteiger partial charge in [-0.3, -0.25) is 0 Å². The summed E-state index contributed by atoms with van der Waals surface area (Å²) in [5.74, 6) is 1.26. The van der Waals surface area contributed by atoms with Gasteiger partial charge in [0.2, 0.25) is 0 Å². The van der Waals surface area contributed by atoms with Gasteiger partial charge in [0.05, 0.1) is 17.3 Å². The number of benzene rings is 2. The third kappa shape index (κ3) is 2.74. The predicted molar refractivity (Wildman–Crippen MR) is 79.5 cm³/mol. The van der Waals surface area contributed by atoms with E-state index in [2.05, 4.69) is 28.7 Å². The van der Waals surface area contributed by atoms with Crippen molar-refractivity contribution in [3.05, 3.63) is 51.1 Å². The number of nitrogen functional groups attached to an aromatic ring is 1. The van der Waals surface area contributed by atoms with E-state index in [-0.39, 0.29) is 0 Å². The molecule has 2 aromatic carbocycles. The Kier molecular flexibility index (Phi) is 3.72. The summed E-state index contributed by atoms with van der Waals surface area (Å²) >= 11 is 2.19. The first-order valence-electron chi connectivity index (χ1n) is 5.34. The van der Waals surface area contributed by atoms with Crippen LogP contribution in [0.25, 0.3) is 0 Å². The zero-order valence-corrected chi connectivity index (χ0v) is 11.9. The van der Waals surface area contributed by atoms with Crippen molar-refractivity contribution < 1.29 is 4.74 Å². The number of nitrogens with two attached hydrogens (primary N) is 1. The number of aryl methyl sites for hydroxylation is 1. The average molecular weight is 350 g/mol. The Bertz CT molecular complexity index is 632. The zero-order chi connectivity index (χ0) is 13.1. The number of nitrogens with zero attached hydrogens (tertiary/aromatic N) is 1. The topological polar surface area (TPSA) is 59.0 Å². The average Bonchev–Trinajstić information content (AvgIpc) is 2.35. The minimum Gasteiger partial charge on any atom is -0.455 e. The number of hydrogen-bond acceptors (Lipinski definition) is 3. The van der Waals surface area contributed by atoms with Crippen LogP contribution < -0.4 is 10.5 Å². The molecule has 2 aromatic rings. The normalized spacial score (nSPS) is 9.83. The van der Waals surface area contributed by atoms with Gasteiger partial charge in [0.25, 0.3) is 0 Å². The molecular weight excluding hydrogens is 339 g/mol. The molecule has 0 unspecified atom stereocenters. The van der Waals surface area contributed by atoms with E-state index in [0.717, 1.165) is 9.13 Å². The first-order valence-corrected chi connectivity index (χ1v) is 6.41. The van der Waals surface area contributed by atoms with Crippen LogP contribution in [-0.4, -0.2) is 0 Å². The first-order chi connectivity index (χ1) is 8.60. The lowest BCUT2D eigenvalue weighted by molar-refractivity contribution is 0.481. The highest BCUT2D eigenvalue weighted by atomic mass is 127. The maximum absolute atomic E-state index is 8.88. The molecule has 0 heterocycles. The molecule has 0 saturated carbocycles. The van der Waals surface area contributed by atoms with Gasteiger partial charge in [-0.15, -0.1) is 0 Å². The minimum atomic E-state index is 0.569. The molecule has 4 heteroatoms. The number of ether oxygens (including phenoxy) is 1. The molecule has 0 aromatic heterocycles. The summed E-state index contributed by atoms with van der Waals surface area (Å²) in [5, 5.41) is 8.88. The molecule has 0 amide bonds. The monoisotopic (exact) mass is 350 g/mol. The SMILES string of the molecule is Cc1ccc(C#N)cc1Oc1ccc(I)cc1N. The van der Waals surface area contributed by atoms with Crippen molar-refractivity contribution in [3.63, 3.8) is 0 Å². The van der Waals surface area contributed by atoms with Gasteiger partial charge in [0.1, 0.15) is 11.5 Å². The second-order valence-electron chi connectivity index (χ2n) is 3.88. The van der Waals surface area contributed by atoms with Crippen LogP contribution in [0.15, 0.2) is 36.4 Å². The van der Waals surface area contributed by atoms with Crippen molar-refractivity contribution in [3.8, 4) is 17.6 Å². The Morgan fingerprint density at radius 3 is 2.61 bits per heavy atom. The third-order valence-corrected chi connectivity index (χ3v) is 3.18. The summed E-state index contributed by atoms with van der Waals surface area (Å²) in [4.78, 5) is 0. The van der Waals surface area contributed by atoms with Gasteiger partial charge in [-0.1, -0.05) is 6.07 Å². The summed E-state index contributed by atoms with van der Waals surface area (Å²) < 4.78 is 6.81. The van der Waals surface area contributed by atoms with Gasteiger partial charge in [0.15, 0.2) is 0 Å². The van der Waals surface area contributed by atoms with Gasteiger partial charge in [-0.25, -0.2) is 0 Å². The van der Waals surface area contributed by atoms with Crippen molar-refractivity contribution >= 4 is 28.3 Å². The highest BCUT2D eigenvalue weighted by molar-refractivity contribution is 14.1. The molecule has 90 valence electrons. The Morgan fingerprint density at radius 2 is 1.94 bits per heavy atom. The second kappa shape index (κ2) is 5.27. The van der Waals surface area contributed by atoms with Crippen molar-refractivity contribution in [1.29, 1.82) is 5.26 Å². The molecule has 18 heavy (non-hydrogen) atoms. The summed E-state index contributed by atoms with van der Waals surface area (Å²) in [7, 11) is 0. The van der Waals surface area contributed by atoms with Crippen LogP contribution in [0, 0.1) is 21.8 Å². The van der Waals surface area contributed by atoms with Gasteiger partial charge in [0, 0.05) is 3.57 Å². The van der Waals surface area contributed by atoms with Crippen LogP contribution in [0.2, 0.25) is 0 Å². The quantitative estimate of drug-likeness (QED) is 0.661. The van der Waals surface area contributed by atoms with Crippen LogP contribution in [0.1, 0.15) is 11.1 Å². The van der Waals surface area contributed by atoms with Crippen molar-refractivity contribution in [1.82, 2.24) is 0 Å². The summed E-state index contributed by atoms with van der Waals surface area (Å²) in [6.45, 7) is 1.93. The molecule has 0 aliphatic carbocycles. The molecule has 3 nitrogen and oxygen atoms in total. The Labute approximate surface area is 119 Å². The second-order valence-corrected chi connectivity index (χ2v) is 5.12. The largest absolute Gasteiger partial charge is 0.455 e. The molecule has 0 radical (unpaired) electrons. The lowest BCUT2D eigenvalue weighted by Crippen LogP contribution is -1.94. The zero-order valence-electron chi connectivity index (χ0n) is 9.77. The lowest BCUT2D eigenvalue weighted by atomic mass is 10.1.